The standard InChI is InChI=1S/C20H26ClN3O3S2/c1-3-4-11-22(2)17-7-5-16(6-8-17)20(25)23-12-14-24(15-13-23)29(26,27)19-10-9-18(21)28-19/h5-10H,3-4,11-15H2,1-2H3. The maximum Gasteiger partial charge on any atom is 0.253 e. The zero-order valence-corrected chi connectivity index (χ0v) is 19.1. The van der Waals surface area contributed by atoms with Crippen LogP contribution in [0.2, 0.25) is 4.34 Å². The third kappa shape index (κ3) is 5.12. The van der Waals surface area contributed by atoms with Crippen LogP contribution in [0.1, 0.15) is 30.1 Å². The quantitative estimate of drug-likeness (QED) is 0.637. The average Bonchev–Trinajstić information content (AvgIpc) is 3.19. The molecule has 1 fully saturated rings. The van der Waals surface area contributed by atoms with Crippen molar-refractivity contribution in [2.45, 2.75) is 24.0 Å². The lowest BCUT2D eigenvalue weighted by molar-refractivity contribution is 0.0698. The van der Waals surface area contributed by atoms with Gasteiger partial charge >= 0.3 is 0 Å². The van der Waals surface area contributed by atoms with Gasteiger partial charge in [-0.3, -0.25) is 4.79 Å². The summed E-state index contributed by atoms with van der Waals surface area (Å²) in [5.41, 5.74) is 1.71. The third-order valence-electron chi connectivity index (χ3n) is 5.07. The highest BCUT2D eigenvalue weighted by Crippen LogP contribution is 2.28. The molecule has 0 aliphatic carbocycles. The highest BCUT2D eigenvalue weighted by Gasteiger charge is 2.31. The van der Waals surface area contributed by atoms with E-state index in [1.54, 1.807) is 11.0 Å². The van der Waals surface area contributed by atoms with Gasteiger partial charge in [-0.2, -0.15) is 4.31 Å². The Labute approximate surface area is 181 Å². The number of amides is 1. The van der Waals surface area contributed by atoms with Crippen molar-refractivity contribution in [1.82, 2.24) is 9.21 Å². The van der Waals surface area contributed by atoms with Crippen LogP contribution in [0.15, 0.2) is 40.6 Å². The first-order valence-electron chi connectivity index (χ1n) is 9.69. The van der Waals surface area contributed by atoms with E-state index in [1.165, 1.54) is 10.4 Å². The number of hydrogen-bond acceptors (Lipinski definition) is 5. The van der Waals surface area contributed by atoms with Crippen LogP contribution in [0.4, 0.5) is 5.69 Å². The summed E-state index contributed by atoms with van der Waals surface area (Å²) in [6.07, 6.45) is 2.27. The van der Waals surface area contributed by atoms with Gasteiger partial charge in [-0.15, -0.1) is 11.3 Å². The first-order chi connectivity index (χ1) is 13.8. The summed E-state index contributed by atoms with van der Waals surface area (Å²) in [4.78, 5) is 16.7. The molecule has 2 heterocycles. The molecule has 1 amide bonds. The fourth-order valence-electron chi connectivity index (χ4n) is 3.26. The van der Waals surface area contributed by atoms with Crippen molar-refractivity contribution in [3.63, 3.8) is 0 Å². The maximum atomic E-state index is 12.8. The SMILES string of the molecule is CCCCN(C)c1ccc(C(=O)N2CCN(S(=O)(=O)c3ccc(Cl)s3)CC2)cc1. The first-order valence-corrected chi connectivity index (χ1v) is 12.3. The minimum absolute atomic E-state index is 0.0658. The molecule has 0 atom stereocenters. The summed E-state index contributed by atoms with van der Waals surface area (Å²) in [5, 5.41) is 0. The van der Waals surface area contributed by atoms with Crippen LogP contribution < -0.4 is 4.90 Å². The predicted octanol–water partition coefficient (Wildman–Crippen LogP) is 3.78. The molecule has 0 saturated carbocycles. The molecule has 1 aromatic carbocycles. The van der Waals surface area contributed by atoms with E-state index in [2.05, 4.69) is 11.8 Å². The Bertz CT molecular complexity index is 936. The number of rotatable bonds is 7. The van der Waals surface area contributed by atoms with Crippen LogP contribution in [0.3, 0.4) is 0 Å². The number of hydrogen-bond donors (Lipinski definition) is 0. The number of piperazine rings is 1. The van der Waals surface area contributed by atoms with Crippen LogP contribution in [0.25, 0.3) is 0 Å². The van der Waals surface area contributed by atoms with Gasteiger partial charge in [0.2, 0.25) is 0 Å². The van der Waals surface area contributed by atoms with Gasteiger partial charge in [0.15, 0.2) is 0 Å². The van der Waals surface area contributed by atoms with Gasteiger partial charge < -0.3 is 9.80 Å². The second-order valence-corrected chi connectivity index (χ2v) is 11.0. The summed E-state index contributed by atoms with van der Waals surface area (Å²) >= 11 is 6.93. The van der Waals surface area contributed by atoms with E-state index in [9.17, 15) is 13.2 Å². The number of carbonyl (C=O) groups is 1. The van der Waals surface area contributed by atoms with Crippen molar-refractivity contribution in [2.75, 3.05) is 44.7 Å². The Hall–Kier alpha value is -1.61. The minimum Gasteiger partial charge on any atom is -0.375 e. The van der Waals surface area contributed by atoms with Crippen LogP contribution in [-0.4, -0.2) is 63.3 Å². The number of thiophene rings is 1. The zero-order valence-electron chi connectivity index (χ0n) is 16.7. The zero-order chi connectivity index (χ0) is 21.0. The molecule has 3 rings (SSSR count). The molecule has 1 aliphatic heterocycles. The number of halogens is 1. The molecule has 1 aromatic heterocycles. The summed E-state index contributed by atoms with van der Waals surface area (Å²) in [5.74, 6) is -0.0658. The Morgan fingerprint density at radius 3 is 2.31 bits per heavy atom. The second kappa shape index (κ2) is 9.47. The average molecular weight is 456 g/mol. The van der Waals surface area contributed by atoms with Crippen LogP contribution in [-0.2, 0) is 10.0 Å². The maximum absolute atomic E-state index is 12.8. The van der Waals surface area contributed by atoms with Gasteiger partial charge in [-0.25, -0.2) is 8.42 Å². The van der Waals surface area contributed by atoms with Gasteiger partial charge in [-0.1, -0.05) is 24.9 Å². The van der Waals surface area contributed by atoms with Crippen molar-refractivity contribution in [3.05, 3.63) is 46.3 Å². The number of sulfonamides is 1. The monoisotopic (exact) mass is 455 g/mol. The molecule has 9 heteroatoms. The molecular formula is C20H26ClN3O3S2. The van der Waals surface area contributed by atoms with Crippen molar-refractivity contribution in [2.24, 2.45) is 0 Å². The molecular weight excluding hydrogens is 430 g/mol. The van der Waals surface area contributed by atoms with Crippen molar-refractivity contribution < 1.29 is 13.2 Å². The lowest BCUT2D eigenvalue weighted by Gasteiger charge is -2.33. The Morgan fingerprint density at radius 1 is 1.10 bits per heavy atom. The topological polar surface area (TPSA) is 60.9 Å². The Morgan fingerprint density at radius 2 is 1.76 bits per heavy atom. The van der Waals surface area contributed by atoms with Gasteiger partial charge in [0.1, 0.15) is 4.21 Å². The number of unbranched alkanes of at least 4 members (excludes halogenated alkanes) is 1. The van der Waals surface area contributed by atoms with Gasteiger partial charge in [0.05, 0.1) is 4.34 Å². The van der Waals surface area contributed by atoms with E-state index >= 15 is 0 Å². The van der Waals surface area contributed by atoms with Crippen molar-refractivity contribution in [1.29, 1.82) is 0 Å². The molecule has 6 nitrogen and oxygen atoms in total. The van der Waals surface area contributed by atoms with Crippen LogP contribution >= 0.6 is 22.9 Å². The van der Waals surface area contributed by atoms with Gasteiger partial charge in [0, 0.05) is 51.0 Å². The lowest BCUT2D eigenvalue weighted by Crippen LogP contribution is -2.50. The summed E-state index contributed by atoms with van der Waals surface area (Å²) < 4.78 is 27.5. The van der Waals surface area contributed by atoms with Crippen molar-refractivity contribution >= 4 is 44.6 Å². The van der Waals surface area contributed by atoms with Crippen molar-refractivity contribution in [3.8, 4) is 0 Å². The number of nitrogens with zero attached hydrogens (tertiary/aromatic N) is 3. The smallest absolute Gasteiger partial charge is 0.253 e. The molecule has 29 heavy (non-hydrogen) atoms. The molecule has 0 N–H and O–H groups in total. The number of anilines is 1. The highest BCUT2D eigenvalue weighted by atomic mass is 35.5. The fraction of sp³-hybridized carbons (Fsp3) is 0.450. The van der Waals surface area contributed by atoms with E-state index in [-0.39, 0.29) is 23.2 Å². The Balaban J connectivity index is 1.60. The molecule has 2 aromatic rings. The molecule has 0 radical (unpaired) electrons. The van der Waals surface area contributed by atoms with E-state index in [0.717, 1.165) is 36.4 Å². The largest absolute Gasteiger partial charge is 0.375 e. The molecule has 1 aliphatic rings. The molecule has 0 bridgehead atoms. The predicted molar refractivity (Wildman–Crippen MR) is 119 cm³/mol. The van der Waals surface area contributed by atoms with E-state index < -0.39 is 10.0 Å². The summed E-state index contributed by atoms with van der Waals surface area (Å²) in [7, 11) is -1.51. The number of benzene rings is 1. The van der Waals surface area contributed by atoms with Gasteiger partial charge in [-0.05, 0) is 42.8 Å². The Kier molecular flexibility index (Phi) is 7.21. The minimum atomic E-state index is -3.55. The van der Waals surface area contributed by atoms with E-state index in [4.69, 9.17) is 11.6 Å². The van der Waals surface area contributed by atoms with Crippen LogP contribution in [0.5, 0.6) is 0 Å². The van der Waals surface area contributed by atoms with E-state index in [1.807, 2.05) is 31.3 Å². The van der Waals surface area contributed by atoms with Crippen LogP contribution in [0, 0.1) is 0 Å². The summed E-state index contributed by atoms with van der Waals surface area (Å²) in [6, 6.07) is 10.7. The normalized spacial score (nSPS) is 15.5. The summed E-state index contributed by atoms with van der Waals surface area (Å²) in [6.45, 7) is 4.44. The third-order valence-corrected chi connectivity index (χ3v) is 8.67. The lowest BCUT2D eigenvalue weighted by atomic mass is 10.1. The molecule has 0 unspecified atom stereocenters. The first kappa shape index (κ1) is 22.1. The fourth-order valence-corrected chi connectivity index (χ4v) is 6.32. The van der Waals surface area contributed by atoms with E-state index in [0.29, 0.717) is 23.0 Å². The molecule has 0 spiro atoms. The number of carbonyl (C=O) groups excluding carboxylic acids is 1. The highest BCUT2D eigenvalue weighted by molar-refractivity contribution is 7.91. The molecule has 1 saturated heterocycles. The molecule has 158 valence electrons. The second-order valence-electron chi connectivity index (χ2n) is 7.08. The van der Waals surface area contributed by atoms with Gasteiger partial charge in [0.25, 0.3) is 15.9 Å².